The molecule has 1 unspecified atom stereocenters. The second-order valence-electron chi connectivity index (χ2n) is 5.76. The molecule has 116 valence electrons. The van der Waals surface area contributed by atoms with Gasteiger partial charge in [-0.1, -0.05) is 19.1 Å². The second kappa shape index (κ2) is 5.61. The molecule has 1 aromatic heterocycles. The first kappa shape index (κ1) is 13.6. The monoisotopic (exact) mass is 300 g/mol. The van der Waals surface area contributed by atoms with Gasteiger partial charge in [0.1, 0.15) is 11.6 Å². The lowest BCUT2D eigenvalue weighted by atomic mass is 10.1. The Morgan fingerprint density at radius 1 is 1.32 bits per heavy atom. The zero-order valence-corrected chi connectivity index (χ0v) is 12.7. The van der Waals surface area contributed by atoms with E-state index >= 15 is 0 Å². The van der Waals surface area contributed by atoms with Gasteiger partial charge in [-0.3, -0.25) is 0 Å². The molecule has 0 aliphatic carbocycles. The molecule has 0 saturated heterocycles. The molecule has 2 aromatic rings. The van der Waals surface area contributed by atoms with E-state index in [0.29, 0.717) is 12.8 Å². The van der Waals surface area contributed by atoms with Crippen LogP contribution in [0.2, 0.25) is 0 Å². The Bertz CT molecular complexity index is 669. The molecule has 4 rings (SSSR count). The third-order valence-electron chi connectivity index (χ3n) is 4.40. The van der Waals surface area contributed by atoms with Crippen molar-refractivity contribution in [3.63, 3.8) is 0 Å². The van der Waals surface area contributed by atoms with Crippen molar-refractivity contribution in [1.82, 2.24) is 20.1 Å². The van der Waals surface area contributed by atoms with Crippen LogP contribution in [0.15, 0.2) is 18.2 Å². The molecule has 0 radical (unpaired) electrons. The zero-order chi connectivity index (χ0) is 14.9. The smallest absolute Gasteiger partial charge is 0.231 e. The normalized spacial score (nSPS) is 19.2. The highest BCUT2D eigenvalue weighted by molar-refractivity contribution is 5.48. The molecule has 1 atom stereocenters. The van der Waals surface area contributed by atoms with Crippen molar-refractivity contribution in [2.45, 2.75) is 45.3 Å². The van der Waals surface area contributed by atoms with Crippen LogP contribution < -0.4 is 14.8 Å². The first-order chi connectivity index (χ1) is 10.8. The third-order valence-corrected chi connectivity index (χ3v) is 4.40. The molecule has 0 saturated carbocycles. The highest BCUT2D eigenvalue weighted by Gasteiger charge is 2.23. The fourth-order valence-corrected chi connectivity index (χ4v) is 3.20. The molecule has 2 aliphatic rings. The predicted octanol–water partition coefficient (Wildman–Crippen LogP) is 1.67. The molecule has 3 heterocycles. The summed E-state index contributed by atoms with van der Waals surface area (Å²) in [5.74, 6) is 3.92. The minimum Gasteiger partial charge on any atom is -0.454 e. The van der Waals surface area contributed by atoms with Gasteiger partial charge in [0, 0.05) is 37.5 Å². The molecular weight excluding hydrogens is 280 g/mol. The number of aromatic nitrogens is 3. The first-order valence-electron chi connectivity index (χ1n) is 7.87. The second-order valence-corrected chi connectivity index (χ2v) is 5.76. The Labute approximate surface area is 129 Å². The number of nitrogens with one attached hydrogen (secondary N) is 1. The number of nitrogens with zero attached hydrogens (tertiary/aromatic N) is 3. The lowest BCUT2D eigenvalue weighted by molar-refractivity contribution is 0.173. The molecular formula is C16H20N4O2. The minimum atomic E-state index is 0.319. The summed E-state index contributed by atoms with van der Waals surface area (Å²) in [6.07, 6.45) is 3.00. The number of fused-ring (bicyclic) bond motifs is 2. The summed E-state index contributed by atoms with van der Waals surface area (Å²) in [6.45, 7) is 4.17. The van der Waals surface area contributed by atoms with Crippen LogP contribution in [0.25, 0.3) is 0 Å². The van der Waals surface area contributed by atoms with Crippen molar-refractivity contribution in [3.05, 3.63) is 35.4 Å². The fraction of sp³-hybridized carbons (Fsp3) is 0.500. The van der Waals surface area contributed by atoms with Crippen molar-refractivity contribution in [3.8, 4) is 11.5 Å². The van der Waals surface area contributed by atoms with E-state index < -0.39 is 0 Å². The zero-order valence-electron chi connectivity index (χ0n) is 12.7. The summed E-state index contributed by atoms with van der Waals surface area (Å²) in [5.41, 5.74) is 1.15. The van der Waals surface area contributed by atoms with E-state index in [4.69, 9.17) is 9.47 Å². The molecule has 1 aromatic carbocycles. The molecule has 22 heavy (non-hydrogen) atoms. The SMILES string of the molecule is CCc1nnc2n1CC(NCc1cccc3c1OCO3)CC2. The van der Waals surface area contributed by atoms with Gasteiger partial charge in [0.2, 0.25) is 6.79 Å². The molecule has 1 N–H and O–H groups in total. The highest BCUT2D eigenvalue weighted by Crippen LogP contribution is 2.35. The topological polar surface area (TPSA) is 61.2 Å². The Morgan fingerprint density at radius 3 is 3.18 bits per heavy atom. The average molecular weight is 300 g/mol. The Hall–Kier alpha value is -2.08. The maximum Gasteiger partial charge on any atom is 0.231 e. The number of ether oxygens (including phenoxy) is 2. The van der Waals surface area contributed by atoms with E-state index in [2.05, 4.69) is 33.1 Å². The minimum absolute atomic E-state index is 0.319. The van der Waals surface area contributed by atoms with E-state index in [1.54, 1.807) is 0 Å². The highest BCUT2D eigenvalue weighted by atomic mass is 16.7. The van der Waals surface area contributed by atoms with E-state index in [9.17, 15) is 0 Å². The number of benzene rings is 1. The van der Waals surface area contributed by atoms with E-state index in [0.717, 1.165) is 61.1 Å². The number of hydrogen-bond acceptors (Lipinski definition) is 5. The molecule has 6 heteroatoms. The Kier molecular flexibility index (Phi) is 3.46. The van der Waals surface area contributed by atoms with Crippen molar-refractivity contribution >= 4 is 0 Å². The van der Waals surface area contributed by atoms with E-state index in [1.165, 1.54) is 0 Å². The molecule has 0 bridgehead atoms. The number of aryl methyl sites for hydroxylation is 2. The predicted molar refractivity (Wildman–Crippen MR) is 80.9 cm³/mol. The van der Waals surface area contributed by atoms with Crippen LogP contribution in [-0.2, 0) is 25.9 Å². The van der Waals surface area contributed by atoms with Gasteiger partial charge in [0.15, 0.2) is 11.5 Å². The fourth-order valence-electron chi connectivity index (χ4n) is 3.20. The van der Waals surface area contributed by atoms with Crippen molar-refractivity contribution in [2.24, 2.45) is 0 Å². The molecule has 0 fully saturated rings. The quantitative estimate of drug-likeness (QED) is 0.931. The lowest BCUT2D eigenvalue weighted by Gasteiger charge is -2.25. The number of rotatable bonds is 4. The standard InChI is InChI=1S/C16H20N4O2/c1-2-14-18-19-15-7-6-12(9-20(14)15)17-8-11-4-3-5-13-16(11)22-10-21-13/h3-5,12,17H,2,6-10H2,1H3. The summed E-state index contributed by atoms with van der Waals surface area (Å²) >= 11 is 0. The molecule has 0 amide bonds. The van der Waals surface area contributed by atoms with Crippen molar-refractivity contribution in [2.75, 3.05) is 6.79 Å². The van der Waals surface area contributed by atoms with Gasteiger partial charge in [-0.2, -0.15) is 0 Å². The Balaban J connectivity index is 1.44. The van der Waals surface area contributed by atoms with Gasteiger partial charge in [0.05, 0.1) is 0 Å². The van der Waals surface area contributed by atoms with Gasteiger partial charge in [-0.15, -0.1) is 10.2 Å². The third kappa shape index (κ3) is 2.33. The van der Waals surface area contributed by atoms with Crippen LogP contribution in [0.4, 0.5) is 0 Å². The van der Waals surface area contributed by atoms with Gasteiger partial charge >= 0.3 is 0 Å². The van der Waals surface area contributed by atoms with Crippen LogP contribution in [0.1, 0.15) is 30.6 Å². The summed E-state index contributed by atoms with van der Waals surface area (Å²) in [7, 11) is 0. The first-order valence-corrected chi connectivity index (χ1v) is 7.87. The van der Waals surface area contributed by atoms with Gasteiger partial charge in [-0.05, 0) is 12.5 Å². The van der Waals surface area contributed by atoms with Crippen LogP contribution in [0.5, 0.6) is 11.5 Å². The van der Waals surface area contributed by atoms with Crippen LogP contribution in [-0.4, -0.2) is 27.6 Å². The summed E-state index contributed by atoms with van der Waals surface area (Å²) in [4.78, 5) is 0. The van der Waals surface area contributed by atoms with Crippen molar-refractivity contribution < 1.29 is 9.47 Å². The molecule has 6 nitrogen and oxygen atoms in total. The van der Waals surface area contributed by atoms with Gasteiger partial charge < -0.3 is 19.4 Å². The summed E-state index contributed by atoms with van der Waals surface area (Å²) in [5, 5.41) is 12.2. The largest absolute Gasteiger partial charge is 0.454 e. The lowest BCUT2D eigenvalue weighted by Crippen LogP contribution is -2.37. The number of hydrogen-bond donors (Lipinski definition) is 1. The van der Waals surface area contributed by atoms with Gasteiger partial charge in [-0.25, -0.2) is 0 Å². The average Bonchev–Trinajstić information content (AvgIpc) is 3.18. The number of para-hydroxylation sites is 1. The molecule has 0 spiro atoms. The summed E-state index contributed by atoms with van der Waals surface area (Å²) < 4.78 is 13.2. The maximum atomic E-state index is 5.56. The summed E-state index contributed by atoms with van der Waals surface area (Å²) in [6, 6.07) is 6.49. The Morgan fingerprint density at radius 2 is 2.27 bits per heavy atom. The van der Waals surface area contributed by atoms with Crippen molar-refractivity contribution in [1.29, 1.82) is 0 Å². The van der Waals surface area contributed by atoms with E-state index in [-0.39, 0.29) is 0 Å². The van der Waals surface area contributed by atoms with Crippen LogP contribution >= 0.6 is 0 Å². The van der Waals surface area contributed by atoms with Crippen LogP contribution in [0, 0.1) is 0 Å². The van der Waals surface area contributed by atoms with E-state index in [1.807, 2.05) is 12.1 Å². The molecule has 2 aliphatic heterocycles. The van der Waals surface area contributed by atoms with Crippen LogP contribution in [0.3, 0.4) is 0 Å². The maximum absolute atomic E-state index is 5.56. The van der Waals surface area contributed by atoms with Gasteiger partial charge in [0.25, 0.3) is 0 Å².